The molecule has 0 aliphatic heterocycles. The van der Waals surface area contributed by atoms with E-state index in [4.69, 9.17) is 5.73 Å². The normalized spacial score (nSPS) is 11.2. The maximum absolute atomic E-state index is 12.7. The number of hydrogen-bond acceptors (Lipinski definition) is 4. The summed E-state index contributed by atoms with van der Waals surface area (Å²) < 4.78 is 26.6. The van der Waals surface area contributed by atoms with E-state index in [9.17, 15) is 13.2 Å². The summed E-state index contributed by atoms with van der Waals surface area (Å²) in [5.41, 5.74) is 7.39. The number of carbonyl (C=O) groups excluding carboxylic acids is 1. The van der Waals surface area contributed by atoms with Gasteiger partial charge in [0.1, 0.15) is 0 Å². The minimum atomic E-state index is -3.64. The Bertz CT molecular complexity index is 831. The standard InChI is InChI=1S/C19H25N3O3S/c1-15-5-11-18(12-6-15)26(24,25)22(2)17-9-7-16(8-10-17)19(23)21-14-4-3-13-20/h5-12H,3-4,13-14,20H2,1-2H3,(H,21,23). The molecule has 0 unspecified atom stereocenters. The number of rotatable bonds is 8. The molecule has 2 aromatic carbocycles. The van der Waals surface area contributed by atoms with Crippen molar-refractivity contribution in [1.82, 2.24) is 5.32 Å². The molecule has 0 atom stereocenters. The highest BCUT2D eigenvalue weighted by molar-refractivity contribution is 7.92. The van der Waals surface area contributed by atoms with E-state index in [1.54, 1.807) is 48.5 Å². The fourth-order valence-electron chi connectivity index (χ4n) is 2.40. The number of nitrogens with one attached hydrogen (secondary N) is 1. The van der Waals surface area contributed by atoms with Crippen LogP contribution in [0.25, 0.3) is 0 Å². The summed E-state index contributed by atoms with van der Waals surface area (Å²) in [6, 6.07) is 13.2. The number of nitrogens with zero attached hydrogens (tertiary/aromatic N) is 1. The van der Waals surface area contributed by atoms with Crippen LogP contribution in [0.5, 0.6) is 0 Å². The van der Waals surface area contributed by atoms with Gasteiger partial charge in [-0.25, -0.2) is 8.42 Å². The molecule has 1 amide bonds. The summed E-state index contributed by atoms with van der Waals surface area (Å²) in [5, 5.41) is 2.82. The molecular formula is C19H25N3O3S. The lowest BCUT2D eigenvalue weighted by Crippen LogP contribution is -2.27. The van der Waals surface area contributed by atoms with Crippen molar-refractivity contribution >= 4 is 21.6 Å². The van der Waals surface area contributed by atoms with Crippen molar-refractivity contribution in [3.8, 4) is 0 Å². The maximum Gasteiger partial charge on any atom is 0.264 e. The zero-order chi connectivity index (χ0) is 19.2. The van der Waals surface area contributed by atoms with Crippen LogP contribution in [-0.4, -0.2) is 34.5 Å². The predicted molar refractivity (Wildman–Crippen MR) is 104 cm³/mol. The lowest BCUT2D eigenvalue weighted by molar-refractivity contribution is 0.0953. The van der Waals surface area contributed by atoms with Gasteiger partial charge in [-0.05, 0) is 62.7 Å². The maximum atomic E-state index is 12.7. The van der Waals surface area contributed by atoms with E-state index in [1.165, 1.54) is 11.4 Å². The van der Waals surface area contributed by atoms with E-state index in [2.05, 4.69) is 5.32 Å². The first kappa shape index (κ1) is 19.9. The van der Waals surface area contributed by atoms with Crippen LogP contribution in [0.4, 0.5) is 5.69 Å². The van der Waals surface area contributed by atoms with E-state index in [1.807, 2.05) is 6.92 Å². The molecule has 0 spiro atoms. The van der Waals surface area contributed by atoms with Crippen molar-refractivity contribution in [1.29, 1.82) is 0 Å². The van der Waals surface area contributed by atoms with Gasteiger partial charge in [0, 0.05) is 19.2 Å². The number of sulfonamides is 1. The third-order valence-corrected chi connectivity index (χ3v) is 5.89. The van der Waals surface area contributed by atoms with Crippen LogP contribution in [0.1, 0.15) is 28.8 Å². The van der Waals surface area contributed by atoms with Crippen molar-refractivity contribution in [3.63, 3.8) is 0 Å². The van der Waals surface area contributed by atoms with E-state index in [0.29, 0.717) is 24.3 Å². The van der Waals surface area contributed by atoms with Crippen LogP contribution in [0.15, 0.2) is 53.4 Å². The number of carbonyl (C=O) groups is 1. The summed E-state index contributed by atoms with van der Waals surface area (Å²) in [6.45, 7) is 3.08. The highest BCUT2D eigenvalue weighted by Crippen LogP contribution is 2.22. The molecule has 3 N–H and O–H groups in total. The first-order valence-corrected chi connectivity index (χ1v) is 9.94. The summed E-state index contributed by atoms with van der Waals surface area (Å²) in [6.07, 6.45) is 1.69. The van der Waals surface area contributed by atoms with Crippen molar-refractivity contribution < 1.29 is 13.2 Å². The number of nitrogens with two attached hydrogens (primary N) is 1. The molecule has 0 bridgehead atoms. The van der Waals surface area contributed by atoms with Crippen LogP contribution in [0.2, 0.25) is 0 Å². The topological polar surface area (TPSA) is 92.5 Å². The van der Waals surface area contributed by atoms with E-state index < -0.39 is 10.0 Å². The molecular weight excluding hydrogens is 350 g/mol. The molecule has 2 aromatic rings. The average Bonchev–Trinajstić information content (AvgIpc) is 2.65. The Hall–Kier alpha value is -2.38. The predicted octanol–water partition coefficient (Wildman–Crippen LogP) is 2.29. The second-order valence-electron chi connectivity index (χ2n) is 6.08. The van der Waals surface area contributed by atoms with Crippen molar-refractivity contribution in [2.45, 2.75) is 24.7 Å². The van der Waals surface area contributed by atoms with Gasteiger partial charge in [0.2, 0.25) is 0 Å². The second-order valence-corrected chi connectivity index (χ2v) is 8.05. The third kappa shape index (κ3) is 4.83. The molecule has 0 aliphatic rings. The Morgan fingerprint density at radius 1 is 1.04 bits per heavy atom. The molecule has 6 nitrogen and oxygen atoms in total. The number of benzene rings is 2. The SMILES string of the molecule is Cc1ccc(S(=O)(=O)N(C)c2ccc(C(=O)NCCCCN)cc2)cc1. The Labute approximate surface area is 155 Å². The molecule has 0 fully saturated rings. The monoisotopic (exact) mass is 375 g/mol. The minimum absolute atomic E-state index is 0.183. The highest BCUT2D eigenvalue weighted by atomic mass is 32.2. The second kappa shape index (κ2) is 8.82. The van der Waals surface area contributed by atoms with E-state index >= 15 is 0 Å². The average molecular weight is 375 g/mol. The van der Waals surface area contributed by atoms with Gasteiger partial charge in [-0.1, -0.05) is 17.7 Å². The smallest absolute Gasteiger partial charge is 0.264 e. The molecule has 26 heavy (non-hydrogen) atoms. The lowest BCUT2D eigenvalue weighted by atomic mass is 10.2. The quantitative estimate of drug-likeness (QED) is 0.693. The van der Waals surface area contributed by atoms with Crippen molar-refractivity contribution in [2.75, 3.05) is 24.4 Å². The number of aryl methyl sites for hydroxylation is 1. The zero-order valence-electron chi connectivity index (χ0n) is 15.1. The Morgan fingerprint density at radius 3 is 2.23 bits per heavy atom. The fourth-order valence-corrected chi connectivity index (χ4v) is 3.60. The highest BCUT2D eigenvalue weighted by Gasteiger charge is 2.21. The van der Waals surface area contributed by atoms with E-state index in [0.717, 1.165) is 18.4 Å². The Kier molecular flexibility index (Phi) is 6.76. The first-order chi connectivity index (χ1) is 12.4. The molecule has 0 saturated carbocycles. The van der Waals surface area contributed by atoms with Crippen LogP contribution >= 0.6 is 0 Å². The Balaban J connectivity index is 2.09. The number of anilines is 1. The van der Waals surface area contributed by atoms with Crippen LogP contribution in [0, 0.1) is 6.92 Å². The molecule has 0 aliphatic carbocycles. The largest absolute Gasteiger partial charge is 0.352 e. The van der Waals surface area contributed by atoms with Crippen molar-refractivity contribution in [2.24, 2.45) is 5.73 Å². The summed E-state index contributed by atoms with van der Waals surface area (Å²) in [4.78, 5) is 12.3. The van der Waals surface area contributed by atoms with Gasteiger partial charge in [-0.3, -0.25) is 9.10 Å². The lowest BCUT2D eigenvalue weighted by Gasteiger charge is -2.20. The van der Waals surface area contributed by atoms with Gasteiger partial charge in [-0.2, -0.15) is 0 Å². The number of hydrogen-bond donors (Lipinski definition) is 2. The molecule has 7 heteroatoms. The van der Waals surface area contributed by atoms with Gasteiger partial charge in [0.25, 0.3) is 15.9 Å². The van der Waals surface area contributed by atoms with Gasteiger partial charge in [0.05, 0.1) is 10.6 Å². The Morgan fingerprint density at radius 2 is 1.65 bits per heavy atom. The molecule has 140 valence electrons. The number of amides is 1. The van der Waals surface area contributed by atoms with Gasteiger partial charge >= 0.3 is 0 Å². The van der Waals surface area contributed by atoms with Crippen LogP contribution in [0.3, 0.4) is 0 Å². The summed E-state index contributed by atoms with van der Waals surface area (Å²) in [7, 11) is -2.14. The number of unbranched alkanes of at least 4 members (excludes halogenated alkanes) is 1. The third-order valence-electron chi connectivity index (χ3n) is 4.09. The van der Waals surface area contributed by atoms with E-state index in [-0.39, 0.29) is 10.8 Å². The summed E-state index contributed by atoms with van der Waals surface area (Å²) >= 11 is 0. The molecule has 0 heterocycles. The molecule has 0 saturated heterocycles. The summed E-state index contributed by atoms with van der Waals surface area (Å²) in [5.74, 6) is -0.183. The van der Waals surface area contributed by atoms with Crippen LogP contribution in [-0.2, 0) is 10.0 Å². The van der Waals surface area contributed by atoms with Gasteiger partial charge in [-0.15, -0.1) is 0 Å². The molecule has 0 radical (unpaired) electrons. The van der Waals surface area contributed by atoms with Gasteiger partial charge < -0.3 is 11.1 Å². The fraction of sp³-hybridized carbons (Fsp3) is 0.316. The zero-order valence-corrected chi connectivity index (χ0v) is 15.9. The molecule has 0 aromatic heterocycles. The minimum Gasteiger partial charge on any atom is -0.352 e. The molecule has 2 rings (SSSR count). The van der Waals surface area contributed by atoms with Crippen molar-refractivity contribution in [3.05, 3.63) is 59.7 Å². The van der Waals surface area contributed by atoms with Gasteiger partial charge in [0.15, 0.2) is 0 Å². The first-order valence-electron chi connectivity index (χ1n) is 8.50. The van der Waals surface area contributed by atoms with Crippen LogP contribution < -0.4 is 15.4 Å².